The first-order valence-corrected chi connectivity index (χ1v) is 14.9. The molecule has 4 unspecified atom stereocenters. The summed E-state index contributed by atoms with van der Waals surface area (Å²) in [6.07, 6.45) is 2.85. The van der Waals surface area contributed by atoms with Crippen molar-refractivity contribution < 1.29 is 49.2 Å². The van der Waals surface area contributed by atoms with Crippen LogP contribution in [0.1, 0.15) is 31.2 Å². The molecule has 2 fully saturated rings. The highest BCUT2D eigenvalue weighted by Crippen LogP contribution is 2.33. The van der Waals surface area contributed by atoms with E-state index in [1.165, 1.54) is 0 Å². The summed E-state index contributed by atoms with van der Waals surface area (Å²) in [5, 5.41) is 46.1. The van der Waals surface area contributed by atoms with E-state index in [2.05, 4.69) is 16.0 Å². The summed E-state index contributed by atoms with van der Waals surface area (Å²) < 4.78 is 0. The van der Waals surface area contributed by atoms with Gasteiger partial charge in [-0.25, -0.2) is 4.79 Å². The smallest absolute Gasteiger partial charge is 0.317 e. The van der Waals surface area contributed by atoms with E-state index in [1.54, 1.807) is 24.3 Å². The second-order valence-corrected chi connectivity index (χ2v) is 11.9. The maximum absolute atomic E-state index is 12.5. The Kier molecular flexibility index (Phi) is 12.6. The molecule has 0 radical (unpaired) electrons. The third-order valence-electron chi connectivity index (χ3n) is 7.17. The number of rotatable bonds is 19. The Morgan fingerprint density at radius 2 is 1.49 bits per heavy atom. The quantitative estimate of drug-likeness (QED) is 0.0809. The van der Waals surface area contributed by atoms with E-state index < -0.39 is 56.1 Å². The molecule has 1 aromatic carbocycles. The molecule has 0 aromatic heterocycles. The van der Waals surface area contributed by atoms with E-state index in [0.717, 1.165) is 28.4 Å². The van der Waals surface area contributed by atoms with Crippen LogP contribution in [0.3, 0.4) is 0 Å². The second-order valence-electron chi connectivity index (χ2n) is 10.6. The van der Waals surface area contributed by atoms with Gasteiger partial charge in [0.2, 0.25) is 5.91 Å². The van der Waals surface area contributed by atoms with Gasteiger partial charge in [0.25, 0.3) is 0 Å². The second kappa shape index (κ2) is 16.1. The molecule has 4 atom stereocenters. The Morgan fingerprint density at radius 3 is 2.07 bits per heavy atom. The Bertz CT molecular complexity index is 1150. The highest BCUT2D eigenvalue weighted by molar-refractivity contribution is 8.00. The van der Waals surface area contributed by atoms with Gasteiger partial charge in [-0.3, -0.25) is 33.8 Å². The maximum Gasteiger partial charge on any atom is 0.317 e. The molecule has 0 bridgehead atoms. The number of unbranched alkanes of at least 4 members (excludes halogenated alkanes) is 1. The Labute approximate surface area is 252 Å². The SMILES string of the molecule is O=C(O)CN(CC(=O)O)CC(Cc1ccc(NC(=O)CCCCC2SCC3NC(=O)NC32)cc1)N(CC(=O)O)CC(=O)O. The average molecular weight is 624 g/mol. The highest BCUT2D eigenvalue weighted by atomic mass is 32.2. The molecule has 7 N–H and O–H groups in total. The number of fused-ring (bicyclic) bond motifs is 1. The van der Waals surface area contributed by atoms with Crippen molar-refractivity contribution in [3.63, 3.8) is 0 Å². The summed E-state index contributed by atoms with van der Waals surface area (Å²) in [4.78, 5) is 71.7. The van der Waals surface area contributed by atoms with Gasteiger partial charge in [0.1, 0.15) is 0 Å². The van der Waals surface area contributed by atoms with Crippen LogP contribution >= 0.6 is 11.8 Å². The molecule has 2 aliphatic heterocycles. The Morgan fingerprint density at radius 1 is 0.884 bits per heavy atom. The van der Waals surface area contributed by atoms with Gasteiger partial charge in [0.15, 0.2) is 0 Å². The van der Waals surface area contributed by atoms with E-state index in [9.17, 15) is 49.2 Å². The molecule has 1 aromatic rings. The van der Waals surface area contributed by atoms with Crippen LogP contribution in [0.5, 0.6) is 0 Å². The van der Waals surface area contributed by atoms with Crippen molar-refractivity contribution in [2.45, 2.75) is 55.5 Å². The van der Waals surface area contributed by atoms with Crippen LogP contribution in [-0.4, -0.2) is 128 Å². The van der Waals surface area contributed by atoms with Gasteiger partial charge in [0, 0.05) is 35.7 Å². The van der Waals surface area contributed by atoms with Gasteiger partial charge in [-0.1, -0.05) is 18.6 Å². The third kappa shape index (κ3) is 11.4. The fourth-order valence-electron chi connectivity index (χ4n) is 5.33. The maximum atomic E-state index is 12.5. The fourth-order valence-corrected chi connectivity index (χ4v) is 6.87. The third-order valence-corrected chi connectivity index (χ3v) is 8.68. The van der Waals surface area contributed by atoms with E-state index in [4.69, 9.17) is 0 Å². The number of carbonyl (C=O) groups excluding carboxylic acids is 2. The summed E-state index contributed by atoms with van der Waals surface area (Å²) in [5.41, 5.74) is 1.18. The lowest BCUT2D eigenvalue weighted by Crippen LogP contribution is -2.50. The first kappa shape index (κ1) is 33.6. The molecule has 2 saturated heterocycles. The van der Waals surface area contributed by atoms with Crippen LogP contribution < -0.4 is 16.0 Å². The van der Waals surface area contributed by atoms with Crippen LogP contribution in [0.25, 0.3) is 0 Å². The van der Waals surface area contributed by atoms with Crippen LogP contribution in [0.15, 0.2) is 24.3 Å². The molecule has 2 aliphatic rings. The molecule has 3 amide bonds. The zero-order valence-corrected chi connectivity index (χ0v) is 24.3. The number of aliphatic carboxylic acids is 4. The normalized spacial score (nSPS) is 19.9. The minimum Gasteiger partial charge on any atom is -0.480 e. The van der Waals surface area contributed by atoms with Crippen LogP contribution in [0.4, 0.5) is 10.5 Å². The molecular weight excluding hydrogens is 586 g/mol. The summed E-state index contributed by atoms with van der Waals surface area (Å²) >= 11 is 1.82. The van der Waals surface area contributed by atoms with Crippen molar-refractivity contribution in [3.8, 4) is 0 Å². The van der Waals surface area contributed by atoms with Gasteiger partial charge >= 0.3 is 29.9 Å². The van der Waals surface area contributed by atoms with Crippen LogP contribution in [0, 0.1) is 0 Å². The number of carboxylic acids is 4. The molecule has 236 valence electrons. The molecule has 16 heteroatoms. The molecule has 0 aliphatic carbocycles. The summed E-state index contributed by atoms with van der Waals surface area (Å²) in [7, 11) is 0. The lowest BCUT2D eigenvalue weighted by Gasteiger charge is -2.33. The molecule has 0 saturated carbocycles. The van der Waals surface area contributed by atoms with Gasteiger partial charge in [-0.05, 0) is 37.0 Å². The van der Waals surface area contributed by atoms with Gasteiger partial charge in [-0.15, -0.1) is 0 Å². The minimum absolute atomic E-state index is 0.0987. The van der Waals surface area contributed by atoms with Crippen LogP contribution in [-0.2, 0) is 30.4 Å². The number of carbonyl (C=O) groups is 6. The predicted octanol–water partition coefficient (Wildman–Crippen LogP) is 0.204. The average Bonchev–Trinajstić information content (AvgIpc) is 3.44. The number of benzene rings is 1. The molecule has 3 rings (SSSR count). The van der Waals surface area contributed by atoms with Crippen molar-refractivity contribution >= 4 is 53.3 Å². The topological polar surface area (TPSA) is 226 Å². The molecular formula is C27H37N5O10S. The number of nitrogens with zero attached hydrogens (tertiary/aromatic N) is 2. The number of nitrogens with one attached hydrogen (secondary N) is 3. The van der Waals surface area contributed by atoms with Gasteiger partial charge in [0.05, 0.1) is 38.3 Å². The largest absolute Gasteiger partial charge is 0.480 e. The number of hydrogen-bond donors (Lipinski definition) is 7. The number of amides is 3. The number of anilines is 1. The van der Waals surface area contributed by atoms with Gasteiger partial charge < -0.3 is 36.4 Å². The van der Waals surface area contributed by atoms with Crippen molar-refractivity contribution in [2.75, 3.05) is 43.8 Å². The lowest BCUT2D eigenvalue weighted by molar-refractivity contribution is -0.146. The molecule has 43 heavy (non-hydrogen) atoms. The van der Waals surface area contributed by atoms with E-state index in [1.807, 2.05) is 11.8 Å². The lowest BCUT2D eigenvalue weighted by atomic mass is 10.0. The summed E-state index contributed by atoms with van der Waals surface area (Å²) in [6.45, 7) is -2.76. The van der Waals surface area contributed by atoms with Crippen molar-refractivity contribution in [1.82, 2.24) is 20.4 Å². The molecule has 0 spiro atoms. The van der Waals surface area contributed by atoms with Gasteiger partial charge in [-0.2, -0.15) is 11.8 Å². The number of hydrogen-bond acceptors (Lipinski definition) is 9. The number of carboxylic acid groups (broad SMARTS) is 4. The van der Waals surface area contributed by atoms with Crippen molar-refractivity contribution in [1.29, 1.82) is 0 Å². The molecule has 2 heterocycles. The van der Waals surface area contributed by atoms with Crippen LogP contribution in [0.2, 0.25) is 0 Å². The standard InChI is InChI=1S/C27H37N5O10S/c33-21(4-2-1-3-20-26-19(15-43-20)29-27(42)30-26)28-17-7-5-16(6-8-17)9-18(32(13-24(38)39)14-25(40)41)10-31(11-22(34)35)12-23(36)37/h5-8,18-20,26H,1-4,9-15H2,(H,28,33)(H,34,35)(H,36,37)(H,38,39)(H,40,41)(H2,29,30,42). The minimum atomic E-state index is -1.29. The Hall–Kier alpha value is -3.89. The van der Waals surface area contributed by atoms with Crippen molar-refractivity contribution in [2.24, 2.45) is 0 Å². The molecule has 15 nitrogen and oxygen atoms in total. The monoisotopic (exact) mass is 623 g/mol. The summed E-state index contributed by atoms with van der Waals surface area (Å²) in [5.74, 6) is -4.43. The van der Waals surface area contributed by atoms with E-state index in [-0.39, 0.29) is 37.0 Å². The van der Waals surface area contributed by atoms with E-state index in [0.29, 0.717) is 29.3 Å². The van der Waals surface area contributed by atoms with E-state index >= 15 is 0 Å². The number of thioether (sulfide) groups is 1. The number of urea groups is 1. The zero-order valence-electron chi connectivity index (χ0n) is 23.4. The zero-order chi connectivity index (χ0) is 31.5. The fraction of sp³-hybridized carbons (Fsp3) is 0.556. The predicted molar refractivity (Wildman–Crippen MR) is 155 cm³/mol. The summed E-state index contributed by atoms with van der Waals surface area (Å²) in [6, 6.07) is 5.99. The first-order valence-electron chi connectivity index (χ1n) is 13.8. The van der Waals surface area contributed by atoms with Crippen molar-refractivity contribution in [3.05, 3.63) is 29.8 Å². The Balaban J connectivity index is 1.56. The highest BCUT2D eigenvalue weighted by Gasteiger charge is 2.42. The first-order chi connectivity index (χ1) is 20.4.